The van der Waals surface area contributed by atoms with Gasteiger partial charge in [0, 0.05) is 24.9 Å². The summed E-state index contributed by atoms with van der Waals surface area (Å²) in [5.74, 6) is -0.786. The standard InChI is InChI=1S/C20H35NO4/c1-7-11-17(22)15(9-3)18(23)14(8-2)16-12-10-13-21(16)19(24)25-20(4,5)6/h14-16H,7-13H2,1-6H3/t14-,15?,16-/m1/s1. The van der Waals surface area contributed by atoms with E-state index in [-0.39, 0.29) is 29.6 Å². The van der Waals surface area contributed by atoms with Gasteiger partial charge in [0.1, 0.15) is 17.2 Å². The summed E-state index contributed by atoms with van der Waals surface area (Å²) in [4.78, 5) is 39.6. The fraction of sp³-hybridized carbons (Fsp3) is 0.850. The first-order valence-corrected chi connectivity index (χ1v) is 9.72. The molecule has 0 bridgehead atoms. The van der Waals surface area contributed by atoms with Crippen LogP contribution in [0.2, 0.25) is 0 Å². The summed E-state index contributed by atoms with van der Waals surface area (Å²) in [7, 11) is 0. The van der Waals surface area contributed by atoms with Crippen LogP contribution in [-0.4, -0.2) is 40.7 Å². The lowest BCUT2D eigenvalue weighted by Crippen LogP contribution is -2.46. The lowest BCUT2D eigenvalue weighted by Gasteiger charge is -2.33. The van der Waals surface area contributed by atoms with Gasteiger partial charge in [-0.05, 0) is 52.9 Å². The zero-order chi connectivity index (χ0) is 19.2. The Morgan fingerprint density at radius 2 is 1.76 bits per heavy atom. The van der Waals surface area contributed by atoms with E-state index in [9.17, 15) is 14.4 Å². The van der Waals surface area contributed by atoms with E-state index in [2.05, 4.69) is 0 Å². The lowest BCUT2D eigenvalue weighted by atomic mass is 9.80. The van der Waals surface area contributed by atoms with Gasteiger partial charge in [0.2, 0.25) is 0 Å². The fourth-order valence-electron chi connectivity index (χ4n) is 3.69. The van der Waals surface area contributed by atoms with Crippen LogP contribution in [0.25, 0.3) is 0 Å². The first-order chi connectivity index (χ1) is 11.7. The van der Waals surface area contributed by atoms with Crippen molar-refractivity contribution >= 4 is 17.7 Å². The van der Waals surface area contributed by atoms with Crippen LogP contribution in [0.15, 0.2) is 0 Å². The third-order valence-corrected chi connectivity index (χ3v) is 4.83. The van der Waals surface area contributed by atoms with E-state index >= 15 is 0 Å². The molecule has 0 aromatic rings. The average molecular weight is 354 g/mol. The van der Waals surface area contributed by atoms with E-state index < -0.39 is 11.5 Å². The van der Waals surface area contributed by atoms with Crippen LogP contribution in [0.3, 0.4) is 0 Å². The van der Waals surface area contributed by atoms with Crippen molar-refractivity contribution in [2.45, 2.75) is 91.7 Å². The van der Waals surface area contributed by atoms with Crippen LogP contribution in [0.1, 0.15) is 80.1 Å². The first kappa shape index (κ1) is 21.7. The molecule has 5 heteroatoms. The van der Waals surface area contributed by atoms with E-state index in [1.165, 1.54) is 0 Å². The molecule has 1 unspecified atom stereocenters. The Labute approximate surface area is 152 Å². The van der Waals surface area contributed by atoms with Crippen LogP contribution in [0.5, 0.6) is 0 Å². The molecule has 3 atom stereocenters. The van der Waals surface area contributed by atoms with E-state index in [0.717, 1.165) is 19.3 Å². The highest BCUT2D eigenvalue weighted by Gasteiger charge is 2.41. The maximum Gasteiger partial charge on any atom is 0.410 e. The minimum atomic E-state index is -0.557. The van der Waals surface area contributed by atoms with E-state index in [0.29, 0.717) is 25.8 Å². The first-order valence-electron chi connectivity index (χ1n) is 9.72. The Hall–Kier alpha value is -1.39. The highest BCUT2D eigenvalue weighted by atomic mass is 16.6. The highest BCUT2D eigenvalue weighted by molar-refractivity contribution is 6.03. The molecule has 0 aliphatic carbocycles. The molecule has 0 radical (unpaired) electrons. The molecule has 0 aromatic heterocycles. The average Bonchev–Trinajstić information content (AvgIpc) is 2.96. The summed E-state index contributed by atoms with van der Waals surface area (Å²) in [6.45, 7) is 11.9. The lowest BCUT2D eigenvalue weighted by molar-refractivity contribution is -0.136. The molecule has 0 saturated carbocycles. The van der Waals surface area contributed by atoms with E-state index in [4.69, 9.17) is 4.74 Å². The summed E-state index contributed by atoms with van der Waals surface area (Å²) in [5.41, 5.74) is -0.557. The minimum absolute atomic E-state index is 0.00362. The molecule has 1 saturated heterocycles. The summed E-state index contributed by atoms with van der Waals surface area (Å²) in [5, 5.41) is 0. The van der Waals surface area contributed by atoms with Crippen molar-refractivity contribution in [1.82, 2.24) is 4.90 Å². The van der Waals surface area contributed by atoms with Gasteiger partial charge < -0.3 is 9.64 Å². The zero-order valence-electron chi connectivity index (χ0n) is 16.8. The van der Waals surface area contributed by atoms with Gasteiger partial charge in [-0.2, -0.15) is 0 Å². The number of hydrogen-bond donors (Lipinski definition) is 0. The Balaban J connectivity index is 2.94. The van der Waals surface area contributed by atoms with Gasteiger partial charge in [0.25, 0.3) is 0 Å². The molecular weight excluding hydrogens is 318 g/mol. The third-order valence-electron chi connectivity index (χ3n) is 4.83. The Bertz CT molecular complexity index is 481. The molecule has 1 aliphatic heterocycles. The molecule has 0 spiro atoms. The summed E-state index contributed by atoms with van der Waals surface area (Å²) < 4.78 is 5.51. The summed E-state index contributed by atoms with van der Waals surface area (Å²) in [6.07, 6.45) is 3.68. The largest absolute Gasteiger partial charge is 0.444 e. The second-order valence-corrected chi connectivity index (χ2v) is 7.98. The van der Waals surface area contributed by atoms with Gasteiger partial charge in [0.15, 0.2) is 0 Å². The van der Waals surface area contributed by atoms with Crippen LogP contribution in [-0.2, 0) is 14.3 Å². The van der Waals surface area contributed by atoms with Gasteiger partial charge in [-0.25, -0.2) is 4.79 Å². The van der Waals surface area contributed by atoms with Crippen molar-refractivity contribution in [1.29, 1.82) is 0 Å². The number of hydrogen-bond acceptors (Lipinski definition) is 4. The monoisotopic (exact) mass is 353 g/mol. The van der Waals surface area contributed by atoms with Crippen molar-refractivity contribution in [2.24, 2.45) is 11.8 Å². The van der Waals surface area contributed by atoms with Crippen LogP contribution in [0, 0.1) is 11.8 Å². The predicted molar refractivity (Wildman–Crippen MR) is 98.4 cm³/mol. The number of amides is 1. The quantitative estimate of drug-likeness (QED) is 0.608. The molecule has 144 valence electrons. The molecule has 0 N–H and O–H groups in total. The summed E-state index contributed by atoms with van der Waals surface area (Å²) >= 11 is 0. The van der Waals surface area contributed by atoms with Crippen LogP contribution in [0.4, 0.5) is 4.79 Å². The van der Waals surface area contributed by atoms with Crippen molar-refractivity contribution in [2.75, 3.05) is 6.54 Å². The van der Waals surface area contributed by atoms with Gasteiger partial charge >= 0.3 is 6.09 Å². The second kappa shape index (κ2) is 9.35. The Kier molecular flexibility index (Phi) is 8.10. The van der Waals surface area contributed by atoms with Crippen LogP contribution < -0.4 is 0 Å². The third kappa shape index (κ3) is 5.82. The van der Waals surface area contributed by atoms with Gasteiger partial charge in [-0.3, -0.25) is 9.59 Å². The summed E-state index contributed by atoms with van der Waals surface area (Å²) in [6, 6.07) is -0.157. The number of likely N-dealkylation sites (tertiary alicyclic amines) is 1. The maximum atomic E-state index is 13.1. The van der Waals surface area contributed by atoms with Gasteiger partial charge in [-0.1, -0.05) is 20.8 Å². The minimum Gasteiger partial charge on any atom is -0.444 e. The molecule has 1 aliphatic rings. The normalized spacial score (nSPS) is 20.2. The topological polar surface area (TPSA) is 63.7 Å². The van der Waals surface area contributed by atoms with E-state index in [1.54, 1.807) is 4.90 Å². The Morgan fingerprint density at radius 3 is 2.24 bits per heavy atom. The van der Waals surface area contributed by atoms with Crippen molar-refractivity contribution < 1.29 is 19.1 Å². The maximum absolute atomic E-state index is 13.1. The van der Waals surface area contributed by atoms with Crippen LogP contribution >= 0.6 is 0 Å². The number of carbonyl (C=O) groups is 3. The number of ketones is 2. The molecule has 0 aromatic carbocycles. The number of Topliss-reactive ketones (excluding diaryl/α,β-unsaturated/α-hetero) is 2. The van der Waals surface area contributed by atoms with Crippen molar-refractivity contribution in [3.05, 3.63) is 0 Å². The molecule has 1 amide bonds. The number of ether oxygens (including phenoxy) is 1. The highest BCUT2D eigenvalue weighted by Crippen LogP contribution is 2.31. The SMILES string of the molecule is CCCC(=O)C(CC)C(=O)[C@H](CC)[C@H]1CCCN1C(=O)OC(C)(C)C. The van der Waals surface area contributed by atoms with Gasteiger partial charge in [0.05, 0.1) is 5.92 Å². The van der Waals surface area contributed by atoms with Gasteiger partial charge in [-0.15, -0.1) is 0 Å². The zero-order valence-corrected chi connectivity index (χ0v) is 16.8. The molecular formula is C20H35NO4. The second-order valence-electron chi connectivity index (χ2n) is 7.98. The number of nitrogens with zero attached hydrogens (tertiary/aromatic N) is 1. The van der Waals surface area contributed by atoms with E-state index in [1.807, 2.05) is 41.5 Å². The predicted octanol–water partition coefficient (Wildman–Crippen LogP) is 4.38. The molecule has 1 rings (SSSR count). The number of carbonyl (C=O) groups excluding carboxylic acids is 3. The molecule has 1 heterocycles. The fourth-order valence-corrected chi connectivity index (χ4v) is 3.69. The molecule has 1 fully saturated rings. The van der Waals surface area contributed by atoms with Crippen molar-refractivity contribution in [3.8, 4) is 0 Å². The molecule has 5 nitrogen and oxygen atoms in total. The van der Waals surface area contributed by atoms with Crippen molar-refractivity contribution in [3.63, 3.8) is 0 Å². The molecule has 25 heavy (non-hydrogen) atoms. The number of rotatable bonds is 8. The smallest absolute Gasteiger partial charge is 0.410 e. The Morgan fingerprint density at radius 1 is 1.12 bits per heavy atom.